The Morgan fingerprint density at radius 2 is 0.800 bits per heavy atom. The molecule has 6 heteroatoms. The zero-order chi connectivity index (χ0) is 40.1. The largest absolute Gasteiger partial charge is 0.462 e. The molecule has 0 aromatic carbocycles. The predicted molar refractivity (Wildman–Crippen MR) is 233 cm³/mol. The summed E-state index contributed by atoms with van der Waals surface area (Å²) >= 11 is 0. The van der Waals surface area contributed by atoms with Crippen LogP contribution in [0.5, 0.6) is 0 Å². The molecule has 0 aromatic heterocycles. The number of unbranched alkanes of at least 4 members (excludes halogenated alkanes) is 17. The van der Waals surface area contributed by atoms with Gasteiger partial charge in [0.15, 0.2) is 6.10 Å². The van der Waals surface area contributed by atoms with Crippen LogP contribution >= 0.6 is 0 Å². The van der Waals surface area contributed by atoms with Crippen molar-refractivity contribution in [2.24, 2.45) is 0 Å². The first-order valence-electron chi connectivity index (χ1n) is 22.4. The summed E-state index contributed by atoms with van der Waals surface area (Å²) < 4.78 is 16.5. The van der Waals surface area contributed by atoms with Crippen molar-refractivity contribution < 1.29 is 28.6 Å². The number of allylic oxidation sites excluding steroid dienone is 11. The summed E-state index contributed by atoms with van der Waals surface area (Å²) in [5, 5.41) is 0. The van der Waals surface area contributed by atoms with E-state index in [0.29, 0.717) is 12.8 Å². The Morgan fingerprint density at radius 1 is 0.400 bits per heavy atom. The normalized spacial score (nSPS) is 12.7. The highest BCUT2D eigenvalue weighted by Crippen LogP contribution is 2.13. The van der Waals surface area contributed by atoms with Crippen molar-refractivity contribution in [3.63, 3.8) is 0 Å². The van der Waals surface area contributed by atoms with E-state index < -0.39 is 12.1 Å². The standard InChI is InChI=1S/C49H82O6/c1-4-7-10-13-16-19-21-22-23-24-25-26-28-30-33-36-39-42-48(51)54-45-46(44-53-47(50)41-38-35-32-29-18-15-12-9-6-3)55-49(52)43-40-37-34-31-27-20-17-14-11-8-5-2/h9,12,18,22-23,25-26,29-30,33,35,38,46H,4-8,10-11,13-17,19-21,24,27-28,31-32,34,36-37,39-45H2,1-3H3/b12-9-,23-22-,26-25-,29-18-,33-30-,38-35-. The van der Waals surface area contributed by atoms with Crippen LogP contribution in [0.15, 0.2) is 72.9 Å². The fourth-order valence-electron chi connectivity index (χ4n) is 5.87. The molecule has 0 N–H and O–H groups in total. The van der Waals surface area contributed by atoms with E-state index in [1.807, 2.05) is 6.08 Å². The highest BCUT2D eigenvalue weighted by Gasteiger charge is 2.19. The number of carbonyl (C=O) groups is 3. The lowest BCUT2D eigenvalue weighted by Crippen LogP contribution is -2.30. The minimum Gasteiger partial charge on any atom is -0.462 e. The summed E-state index contributed by atoms with van der Waals surface area (Å²) in [5.41, 5.74) is 0. The van der Waals surface area contributed by atoms with E-state index >= 15 is 0 Å². The maximum atomic E-state index is 12.7. The quantitative estimate of drug-likeness (QED) is 0.0268. The number of carbonyl (C=O) groups excluding carboxylic acids is 3. The molecule has 0 spiro atoms. The van der Waals surface area contributed by atoms with Gasteiger partial charge in [-0.3, -0.25) is 14.4 Å². The second-order valence-electron chi connectivity index (χ2n) is 14.6. The van der Waals surface area contributed by atoms with Gasteiger partial charge in [0, 0.05) is 12.8 Å². The summed E-state index contributed by atoms with van der Waals surface area (Å²) in [6.07, 6.45) is 53.6. The summed E-state index contributed by atoms with van der Waals surface area (Å²) in [5.74, 6) is -1.11. The molecule has 0 rings (SSSR count). The van der Waals surface area contributed by atoms with Gasteiger partial charge in [0.05, 0.1) is 6.42 Å². The molecule has 0 aliphatic rings. The van der Waals surface area contributed by atoms with Gasteiger partial charge in [0.25, 0.3) is 0 Å². The van der Waals surface area contributed by atoms with Crippen LogP contribution < -0.4 is 0 Å². The van der Waals surface area contributed by atoms with E-state index in [1.165, 1.54) is 96.3 Å². The summed E-state index contributed by atoms with van der Waals surface area (Å²) in [6.45, 7) is 6.34. The maximum absolute atomic E-state index is 12.7. The van der Waals surface area contributed by atoms with Crippen LogP contribution in [0.2, 0.25) is 0 Å². The second kappa shape index (κ2) is 43.6. The van der Waals surface area contributed by atoms with Crippen molar-refractivity contribution >= 4 is 17.9 Å². The lowest BCUT2D eigenvalue weighted by Gasteiger charge is -2.18. The monoisotopic (exact) mass is 767 g/mol. The topological polar surface area (TPSA) is 78.9 Å². The van der Waals surface area contributed by atoms with Crippen molar-refractivity contribution in [1.82, 2.24) is 0 Å². The number of rotatable bonds is 39. The van der Waals surface area contributed by atoms with Crippen molar-refractivity contribution in [2.45, 2.75) is 207 Å². The van der Waals surface area contributed by atoms with Crippen LogP contribution in [0.25, 0.3) is 0 Å². The molecule has 0 aliphatic carbocycles. The van der Waals surface area contributed by atoms with Crippen molar-refractivity contribution in [3.8, 4) is 0 Å². The molecule has 0 amide bonds. The zero-order valence-electron chi connectivity index (χ0n) is 35.7. The van der Waals surface area contributed by atoms with Crippen LogP contribution in [0, 0.1) is 0 Å². The molecular formula is C49H82O6. The second-order valence-corrected chi connectivity index (χ2v) is 14.6. The SMILES string of the molecule is CC/C=C\C/C=C\C/C=C\CC(=O)OCC(COC(=O)CCC/C=C\C/C=C\C/C=C\CCCCCCCC)OC(=O)CCCCCCCCCCCCC. The molecule has 6 nitrogen and oxygen atoms in total. The number of hydrogen-bond acceptors (Lipinski definition) is 6. The average Bonchev–Trinajstić information content (AvgIpc) is 3.18. The van der Waals surface area contributed by atoms with Crippen LogP contribution in [0.1, 0.15) is 201 Å². The Bertz CT molecular complexity index is 1070. The van der Waals surface area contributed by atoms with Crippen molar-refractivity contribution in [3.05, 3.63) is 72.9 Å². The first-order valence-corrected chi connectivity index (χ1v) is 22.4. The van der Waals surface area contributed by atoms with Crippen molar-refractivity contribution in [2.75, 3.05) is 13.2 Å². The van der Waals surface area contributed by atoms with E-state index in [2.05, 4.69) is 81.5 Å². The van der Waals surface area contributed by atoms with Crippen LogP contribution in [0.4, 0.5) is 0 Å². The summed E-state index contributed by atoms with van der Waals surface area (Å²) in [7, 11) is 0. The van der Waals surface area contributed by atoms with E-state index in [9.17, 15) is 14.4 Å². The van der Waals surface area contributed by atoms with E-state index in [4.69, 9.17) is 14.2 Å². The molecule has 0 saturated carbocycles. The van der Waals surface area contributed by atoms with Gasteiger partial charge in [0.1, 0.15) is 13.2 Å². The molecule has 0 radical (unpaired) electrons. The molecule has 1 atom stereocenters. The van der Waals surface area contributed by atoms with Gasteiger partial charge in [-0.15, -0.1) is 0 Å². The first-order chi connectivity index (χ1) is 27.0. The third kappa shape index (κ3) is 41.8. The van der Waals surface area contributed by atoms with Gasteiger partial charge in [0.2, 0.25) is 0 Å². The zero-order valence-corrected chi connectivity index (χ0v) is 35.7. The number of ether oxygens (including phenoxy) is 3. The predicted octanol–water partition coefficient (Wildman–Crippen LogP) is 14.3. The summed E-state index contributed by atoms with van der Waals surface area (Å²) in [4.78, 5) is 37.5. The lowest BCUT2D eigenvalue weighted by molar-refractivity contribution is -0.166. The van der Waals surface area contributed by atoms with Crippen molar-refractivity contribution in [1.29, 1.82) is 0 Å². The molecule has 0 fully saturated rings. The molecule has 0 aromatic rings. The molecule has 55 heavy (non-hydrogen) atoms. The highest BCUT2D eigenvalue weighted by atomic mass is 16.6. The van der Waals surface area contributed by atoms with Gasteiger partial charge in [-0.05, 0) is 64.2 Å². The summed E-state index contributed by atoms with van der Waals surface area (Å²) in [6, 6.07) is 0. The van der Waals surface area contributed by atoms with Gasteiger partial charge in [-0.25, -0.2) is 0 Å². The Kier molecular flexibility index (Phi) is 41.1. The Morgan fingerprint density at radius 3 is 1.33 bits per heavy atom. The molecule has 0 aliphatic heterocycles. The average molecular weight is 767 g/mol. The first kappa shape index (κ1) is 51.9. The Hall–Kier alpha value is -3.15. The molecule has 0 bridgehead atoms. The van der Waals surface area contributed by atoms with E-state index in [0.717, 1.165) is 57.8 Å². The molecular weight excluding hydrogens is 685 g/mol. The molecule has 1 unspecified atom stereocenters. The minimum atomic E-state index is -0.826. The number of hydrogen-bond donors (Lipinski definition) is 0. The van der Waals surface area contributed by atoms with Gasteiger partial charge in [-0.2, -0.15) is 0 Å². The molecule has 314 valence electrons. The Balaban J connectivity index is 4.48. The van der Waals surface area contributed by atoms with Gasteiger partial charge < -0.3 is 14.2 Å². The van der Waals surface area contributed by atoms with Gasteiger partial charge >= 0.3 is 17.9 Å². The maximum Gasteiger partial charge on any atom is 0.309 e. The number of esters is 3. The molecule has 0 heterocycles. The lowest BCUT2D eigenvalue weighted by atomic mass is 10.1. The van der Waals surface area contributed by atoms with Crippen LogP contribution in [-0.2, 0) is 28.6 Å². The fraction of sp³-hybridized carbons (Fsp3) is 0.694. The van der Waals surface area contributed by atoms with Crippen LogP contribution in [-0.4, -0.2) is 37.2 Å². The highest BCUT2D eigenvalue weighted by molar-refractivity contribution is 5.72. The third-order valence-electron chi connectivity index (χ3n) is 9.23. The van der Waals surface area contributed by atoms with Crippen LogP contribution in [0.3, 0.4) is 0 Å². The third-order valence-corrected chi connectivity index (χ3v) is 9.23. The molecule has 0 saturated heterocycles. The van der Waals surface area contributed by atoms with E-state index in [1.54, 1.807) is 6.08 Å². The Labute approximate surface area is 338 Å². The van der Waals surface area contributed by atoms with Gasteiger partial charge in [-0.1, -0.05) is 190 Å². The smallest absolute Gasteiger partial charge is 0.309 e. The minimum absolute atomic E-state index is 0.127. The fourth-order valence-corrected chi connectivity index (χ4v) is 5.87. The van der Waals surface area contributed by atoms with E-state index in [-0.39, 0.29) is 38.0 Å².